The number of nitrogens with zero attached hydrogens (tertiary/aromatic N) is 4. The zero-order chi connectivity index (χ0) is 27.1. The number of carbonyl (C=O) groups is 2. The van der Waals surface area contributed by atoms with Crippen LogP contribution in [0.25, 0.3) is 0 Å². The molecule has 0 aromatic heterocycles. The normalized spacial score (nSPS) is 24.4. The number of hydrogen-bond donors (Lipinski definition) is 0. The average molecular weight is 531 g/mol. The van der Waals surface area contributed by atoms with E-state index in [1.54, 1.807) is 19.0 Å². The Labute approximate surface area is 222 Å². The number of aryl methyl sites for hydroxylation is 2. The molecule has 37 heavy (non-hydrogen) atoms. The number of carbonyl (C=O) groups excluding carboxylic acids is 2. The Kier molecular flexibility index (Phi) is 7.87. The van der Waals surface area contributed by atoms with E-state index in [0.29, 0.717) is 43.8 Å². The van der Waals surface area contributed by atoms with Gasteiger partial charge in [-0.25, -0.2) is 12.7 Å². The van der Waals surface area contributed by atoms with Gasteiger partial charge in [0, 0.05) is 45.7 Å². The second-order valence-electron chi connectivity index (χ2n) is 11.6. The lowest BCUT2D eigenvalue weighted by molar-refractivity contribution is -0.131. The first kappa shape index (κ1) is 27.8. The van der Waals surface area contributed by atoms with Crippen LogP contribution in [-0.4, -0.2) is 85.7 Å². The van der Waals surface area contributed by atoms with Crippen molar-refractivity contribution < 1.29 is 18.0 Å². The molecule has 204 valence electrons. The van der Waals surface area contributed by atoms with E-state index in [2.05, 4.69) is 6.92 Å². The number of amides is 2. The smallest absolute Gasteiger partial charge is 0.255 e. The van der Waals surface area contributed by atoms with Crippen molar-refractivity contribution in [3.8, 4) is 0 Å². The van der Waals surface area contributed by atoms with Gasteiger partial charge in [-0.15, -0.1) is 0 Å². The van der Waals surface area contributed by atoms with Gasteiger partial charge in [-0.05, 0) is 80.7 Å². The molecule has 2 aliphatic heterocycles. The molecular formula is C28H42N4O4S. The van der Waals surface area contributed by atoms with Gasteiger partial charge in [0.15, 0.2) is 0 Å². The average Bonchev–Trinajstić information content (AvgIpc) is 3.08. The number of benzene rings is 1. The van der Waals surface area contributed by atoms with Gasteiger partial charge < -0.3 is 9.80 Å². The summed E-state index contributed by atoms with van der Waals surface area (Å²) in [5.41, 5.74) is 2.63. The highest BCUT2D eigenvalue weighted by Gasteiger charge is 2.51. The van der Waals surface area contributed by atoms with E-state index < -0.39 is 15.6 Å². The van der Waals surface area contributed by atoms with Crippen LogP contribution >= 0.6 is 0 Å². The highest BCUT2D eigenvalue weighted by atomic mass is 32.2. The zero-order valence-corrected chi connectivity index (χ0v) is 24.0. The molecule has 1 aliphatic carbocycles. The number of rotatable bonds is 6. The van der Waals surface area contributed by atoms with Crippen molar-refractivity contribution >= 4 is 27.7 Å². The topological polar surface area (TPSA) is 90.4 Å². The van der Waals surface area contributed by atoms with E-state index in [4.69, 9.17) is 4.99 Å². The lowest BCUT2D eigenvalue weighted by atomic mass is 9.82. The van der Waals surface area contributed by atoms with Crippen LogP contribution in [-0.2, 0) is 21.2 Å². The maximum atomic E-state index is 13.3. The van der Waals surface area contributed by atoms with E-state index in [1.807, 2.05) is 33.0 Å². The Morgan fingerprint density at radius 3 is 2.19 bits per heavy atom. The molecular weight excluding hydrogens is 488 g/mol. The summed E-state index contributed by atoms with van der Waals surface area (Å²) in [6.07, 6.45) is 5.72. The molecule has 0 unspecified atom stereocenters. The highest BCUT2D eigenvalue weighted by molar-refractivity contribution is 7.89. The Balaban J connectivity index is 1.41. The van der Waals surface area contributed by atoms with Gasteiger partial charge in [-0.3, -0.25) is 14.6 Å². The molecule has 0 radical (unpaired) electrons. The van der Waals surface area contributed by atoms with Crippen LogP contribution in [0.4, 0.5) is 0 Å². The summed E-state index contributed by atoms with van der Waals surface area (Å²) < 4.78 is 28.1. The van der Waals surface area contributed by atoms with E-state index in [1.165, 1.54) is 22.0 Å². The van der Waals surface area contributed by atoms with Gasteiger partial charge in [0.25, 0.3) is 11.8 Å². The molecule has 4 rings (SSSR count). The van der Waals surface area contributed by atoms with Crippen LogP contribution in [0.5, 0.6) is 0 Å². The largest absolute Gasteiger partial charge is 0.345 e. The number of amidine groups is 1. The minimum absolute atomic E-state index is 0.00524. The summed E-state index contributed by atoms with van der Waals surface area (Å²) in [5, 5.41) is 0. The number of sulfonamides is 1. The molecule has 0 atom stereocenters. The fourth-order valence-corrected chi connectivity index (χ4v) is 7.69. The summed E-state index contributed by atoms with van der Waals surface area (Å²) in [6, 6.07) is 3.68. The highest BCUT2D eigenvalue weighted by Crippen LogP contribution is 2.39. The molecule has 2 amide bonds. The fourth-order valence-electron chi connectivity index (χ4n) is 6.23. The summed E-state index contributed by atoms with van der Waals surface area (Å²) in [6.45, 7) is 6.76. The third-order valence-electron chi connectivity index (χ3n) is 8.66. The molecule has 0 N–H and O–H groups in total. The fraction of sp³-hybridized carbons (Fsp3) is 0.679. The zero-order valence-electron chi connectivity index (χ0n) is 23.2. The van der Waals surface area contributed by atoms with Crippen LogP contribution in [0.3, 0.4) is 0 Å². The number of aliphatic imine (C=N–C) groups is 1. The lowest BCUT2D eigenvalue weighted by Gasteiger charge is -2.35. The van der Waals surface area contributed by atoms with Crippen LogP contribution in [0.1, 0.15) is 72.5 Å². The molecule has 9 heteroatoms. The maximum Gasteiger partial charge on any atom is 0.255 e. The van der Waals surface area contributed by atoms with Crippen molar-refractivity contribution in [1.29, 1.82) is 0 Å². The van der Waals surface area contributed by atoms with Gasteiger partial charge in [-0.2, -0.15) is 0 Å². The molecule has 2 fully saturated rings. The first-order chi connectivity index (χ1) is 17.3. The molecule has 3 aliphatic rings. The Morgan fingerprint density at radius 1 is 1.08 bits per heavy atom. The van der Waals surface area contributed by atoms with E-state index in [0.717, 1.165) is 41.3 Å². The molecule has 1 saturated heterocycles. The van der Waals surface area contributed by atoms with Crippen LogP contribution in [0.15, 0.2) is 17.1 Å². The standard InChI is InChI=1S/C28H42N4O4S/c1-19-7-9-22(10-8-19)25-29-28(27(34)31(25)6)12-14-32(15-13-28)37(35,36)16-11-24-20(2)17-23(18-21(24)3)26(33)30(4)5/h17-19,22H,7-16H2,1-6H3. The van der Waals surface area contributed by atoms with Crippen LogP contribution in [0, 0.1) is 25.7 Å². The van der Waals surface area contributed by atoms with E-state index in [-0.39, 0.29) is 17.6 Å². The van der Waals surface area contributed by atoms with Crippen LogP contribution in [0.2, 0.25) is 0 Å². The lowest BCUT2D eigenvalue weighted by Crippen LogP contribution is -2.51. The summed E-state index contributed by atoms with van der Waals surface area (Å²) in [5.74, 6) is 1.94. The second-order valence-corrected chi connectivity index (χ2v) is 13.7. The van der Waals surface area contributed by atoms with Crippen LogP contribution < -0.4 is 0 Å². The minimum atomic E-state index is -3.49. The summed E-state index contributed by atoms with van der Waals surface area (Å²) in [7, 11) is 1.78. The van der Waals surface area contributed by atoms with Gasteiger partial charge in [-0.1, -0.05) is 19.8 Å². The molecule has 1 aromatic rings. The second kappa shape index (κ2) is 10.5. The first-order valence-corrected chi connectivity index (χ1v) is 15.1. The van der Waals surface area contributed by atoms with Gasteiger partial charge in [0.1, 0.15) is 11.4 Å². The number of piperidine rings is 1. The van der Waals surface area contributed by atoms with Crippen molar-refractivity contribution in [1.82, 2.24) is 14.1 Å². The van der Waals surface area contributed by atoms with Crippen molar-refractivity contribution in [3.63, 3.8) is 0 Å². The first-order valence-electron chi connectivity index (χ1n) is 13.5. The molecule has 0 bridgehead atoms. The summed E-state index contributed by atoms with van der Waals surface area (Å²) in [4.78, 5) is 33.9. The minimum Gasteiger partial charge on any atom is -0.345 e. The molecule has 1 aromatic carbocycles. The third kappa shape index (κ3) is 5.48. The van der Waals surface area contributed by atoms with E-state index >= 15 is 0 Å². The Morgan fingerprint density at radius 2 is 1.65 bits per heavy atom. The quantitative estimate of drug-likeness (QED) is 0.564. The van der Waals surface area contributed by atoms with E-state index in [9.17, 15) is 18.0 Å². The van der Waals surface area contributed by atoms with Crippen molar-refractivity contribution in [2.24, 2.45) is 16.8 Å². The predicted molar refractivity (Wildman–Crippen MR) is 146 cm³/mol. The number of likely N-dealkylation sites (N-methyl/N-ethyl adjacent to an activating group) is 1. The summed E-state index contributed by atoms with van der Waals surface area (Å²) >= 11 is 0. The van der Waals surface area contributed by atoms with Crippen molar-refractivity contribution in [2.75, 3.05) is 40.0 Å². The van der Waals surface area contributed by atoms with Gasteiger partial charge in [0.2, 0.25) is 10.0 Å². The molecule has 1 saturated carbocycles. The third-order valence-corrected chi connectivity index (χ3v) is 10.5. The molecule has 2 heterocycles. The van der Waals surface area contributed by atoms with Gasteiger partial charge in [0.05, 0.1) is 5.75 Å². The molecule has 8 nitrogen and oxygen atoms in total. The number of hydrogen-bond acceptors (Lipinski definition) is 5. The Hall–Kier alpha value is -2.26. The monoisotopic (exact) mass is 530 g/mol. The SMILES string of the molecule is Cc1cc(C(=O)N(C)C)cc(C)c1CCS(=O)(=O)N1CCC2(CC1)N=C(C1CCC(C)CC1)N(C)C2=O. The van der Waals surface area contributed by atoms with Crippen molar-refractivity contribution in [3.05, 3.63) is 34.4 Å². The molecule has 1 spiro atoms. The predicted octanol–water partition coefficient (Wildman–Crippen LogP) is 3.41. The Bertz CT molecular complexity index is 1170. The van der Waals surface area contributed by atoms with Gasteiger partial charge >= 0.3 is 0 Å². The van der Waals surface area contributed by atoms with Crippen molar-refractivity contribution in [2.45, 2.75) is 71.3 Å². The maximum absolute atomic E-state index is 13.3.